The van der Waals surface area contributed by atoms with E-state index in [4.69, 9.17) is 4.74 Å². The van der Waals surface area contributed by atoms with Gasteiger partial charge in [-0.1, -0.05) is 0 Å². The summed E-state index contributed by atoms with van der Waals surface area (Å²) in [5, 5.41) is 8.13. The summed E-state index contributed by atoms with van der Waals surface area (Å²) in [5.41, 5.74) is 2.80. The van der Waals surface area contributed by atoms with Crippen LogP contribution in [-0.2, 0) is 11.3 Å². The van der Waals surface area contributed by atoms with Gasteiger partial charge in [0.1, 0.15) is 0 Å². The SMILES string of the molecule is COC[C@H](C)NCC1(Cn2nc(C)cc2C)CC1. The number of methoxy groups -OCH3 is 1. The van der Waals surface area contributed by atoms with Gasteiger partial charge in [-0.25, -0.2) is 0 Å². The highest BCUT2D eigenvalue weighted by Gasteiger charge is 2.43. The molecule has 1 atom stereocenters. The van der Waals surface area contributed by atoms with Crippen LogP contribution in [-0.4, -0.2) is 36.1 Å². The van der Waals surface area contributed by atoms with Crippen molar-refractivity contribution in [3.63, 3.8) is 0 Å². The van der Waals surface area contributed by atoms with E-state index in [0.29, 0.717) is 11.5 Å². The number of rotatable bonds is 7. The molecule has 0 bridgehead atoms. The van der Waals surface area contributed by atoms with E-state index in [-0.39, 0.29) is 0 Å². The topological polar surface area (TPSA) is 39.1 Å². The largest absolute Gasteiger partial charge is 0.383 e. The van der Waals surface area contributed by atoms with Crippen LogP contribution in [0.4, 0.5) is 0 Å². The van der Waals surface area contributed by atoms with Gasteiger partial charge in [-0.2, -0.15) is 5.10 Å². The summed E-state index contributed by atoms with van der Waals surface area (Å²) in [7, 11) is 1.75. The lowest BCUT2D eigenvalue weighted by Crippen LogP contribution is -2.36. The van der Waals surface area contributed by atoms with Crippen LogP contribution in [0.1, 0.15) is 31.2 Å². The van der Waals surface area contributed by atoms with Gasteiger partial charge in [-0.05, 0) is 39.7 Å². The molecule has 1 aliphatic rings. The van der Waals surface area contributed by atoms with E-state index in [9.17, 15) is 0 Å². The van der Waals surface area contributed by atoms with E-state index in [0.717, 1.165) is 25.4 Å². The van der Waals surface area contributed by atoms with Gasteiger partial charge in [0, 0.05) is 37.4 Å². The molecule has 1 saturated carbocycles. The van der Waals surface area contributed by atoms with E-state index in [1.54, 1.807) is 7.11 Å². The highest BCUT2D eigenvalue weighted by molar-refractivity contribution is 5.08. The molecule has 1 fully saturated rings. The Bertz CT molecular complexity index is 396. The van der Waals surface area contributed by atoms with Crippen molar-refractivity contribution in [1.29, 1.82) is 0 Å². The van der Waals surface area contributed by atoms with Crippen molar-refractivity contribution in [1.82, 2.24) is 15.1 Å². The van der Waals surface area contributed by atoms with Crippen molar-refractivity contribution in [2.45, 2.75) is 46.2 Å². The van der Waals surface area contributed by atoms with Gasteiger partial charge in [0.2, 0.25) is 0 Å². The number of nitrogens with one attached hydrogen (secondary N) is 1. The lowest BCUT2D eigenvalue weighted by Gasteiger charge is -2.20. The molecule has 0 aromatic carbocycles. The molecule has 18 heavy (non-hydrogen) atoms. The molecule has 1 N–H and O–H groups in total. The quantitative estimate of drug-likeness (QED) is 0.804. The summed E-state index contributed by atoms with van der Waals surface area (Å²) in [4.78, 5) is 0. The lowest BCUT2D eigenvalue weighted by atomic mass is 10.1. The molecule has 1 aromatic rings. The predicted octanol–water partition coefficient (Wildman–Crippen LogP) is 1.90. The molecule has 0 amide bonds. The zero-order chi connectivity index (χ0) is 13.2. The minimum absolute atomic E-state index is 0.422. The first-order valence-electron chi connectivity index (χ1n) is 6.78. The van der Waals surface area contributed by atoms with Gasteiger partial charge in [0.25, 0.3) is 0 Å². The summed E-state index contributed by atoms with van der Waals surface area (Å²) < 4.78 is 7.31. The Morgan fingerprint density at radius 1 is 1.50 bits per heavy atom. The minimum atomic E-state index is 0.422. The fourth-order valence-corrected chi connectivity index (χ4v) is 2.42. The van der Waals surface area contributed by atoms with Crippen molar-refractivity contribution in [2.75, 3.05) is 20.3 Å². The highest BCUT2D eigenvalue weighted by Crippen LogP contribution is 2.46. The third-order valence-corrected chi connectivity index (χ3v) is 3.79. The Morgan fingerprint density at radius 2 is 2.22 bits per heavy atom. The average molecular weight is 251 g/mol. The highest BCUT2D eigenvalue weighted by atomic mass is 16.5. The van der Waals surface area contributed by atoms with Crippen molar-refractivity contribution in [2.24, 2.45) is 5.41 Å². The fourth-order valence-electron chi connectivity index (χ4n) is 2.42. The van der Waals surface area contributed by atoms with Gasteiger partial charge in [-0.3, -0.25) is 4.68 Å². The molecule has 4 nitrogen and oxygen atoms in total. The normalized spacial score (nSPS) is 18.9. The van der Waals surface area contributed by atoms with Gasteiger partial charge in [-0.15, -0.1) is 0 Å². The van der Waals surface area contributed by atoms with Crippen LogP contribution in [0.2, 0.25) is 0 Å². The molecule has 1 aliphatic carbocycles. The zero-order valence-corrected chi connectivity index (χ0v) is 12.0. The van der Waals surface area contributed by atoms with Gasteiger partial charge >= 0.3 is 0 Å². The molecule has 1 aromatic heterocycles. The summed E-state index contributed by atoms with van der Waals surface area (Å²) >= 11 is 0. The molecular formula is C14H25N3O. The van der Waals surface area contributed by atoms with Crippen molar-refractivity contribution in [3.05, 3.63) is 17.5 Å². The smallest absolute Gasteiger partial charge is 0.0613 e. The Kier molecular flexibility index (Phi) is 4.07. The minimum Gasteiger partial charge on any atom is -0.383 e. The van der Waals surface area contributed by atoms with Gasteiger partial charge < -0.3 is 10.1 Å². The second-order valence-electron chi connectivity index (χ2n) is 5.82. The molecule has 0 unspecified atom stereocenters. The first-order valence-corrected chi connectivity index (χ1v) is 6.78. The van der Waals surface area contributed by atoms with Crippen LogP contribution >= 0.6 is 0 Å². The third-order valence-electron chi connectivity index (χ3n) is 3.79. The van der Waals surface area contributed by atoms with Crippen LogP contribution < -0.4 is 5.32 Å². The summed E-state index contributed by atoms with van der Waals surface area (Å²) in [6.45, 7) is 9.24. The predicted molar refractivity (Wildman–Crippen MR) is 72.7 cm³/mol. The molecule has 4 heteroatoms. The van der Waals surface area contributed by atoms with E-state index >= 15 is 0 Å². The van der Waals surface area contributed by atoms with Crippen LogP contribution in [0.3, 0.4) is 0 Å². The number of aryl methyl sites for hydroxylation is 2. The van der Waals surface area contributed by atoms with Crippen LogP contribution in [0.15, 0.2) is 6.07 Å². The number of hydrogen-bond acceptors (Lipinski definition) is 3. The maximum absolute atomic E-state index is 5.15. The summed E-state index contributed by atoms with van der Waals surface area (Å²) in [6, 6.07) is 2.57. The molecule has 102 valence electrons. The first-order chi connectivity index (χ1) is 8.54. The molecule has 0 spiro atoms. The Morgan fingerprint density at radius 3 is 2.72 bits per heavy atom. The number of nitrogens with zero attached hydrogens (tertiary/aromatic N) is 2. The van der Waals surface area contributed by atoms with Crippen molar-refractivity contribution >= 4 is 0 Å². The molecule has 1 heterocycles. The Labute approximate surface area is 110 Å². The van der Waals surface area contributed by atoms with Crippen molar-refractivity contribution < 1.29 is 4.74 Å². The molecule has 0 aliphatic heterocycles. The van der Waals surface area contributed by atoms with Crippen LogP contribution in [0.25, 0.3) is 0 Å². The first kappa shape index (κ1) is 13.6. The fraction of sp³-hybridized carbons (Fsp3) is 0.786. The lowest BCUT2D eigenvalue weighted by molar-refractivity contribution is 0.167. The summed E-state index contributed by atoms with van der Waals surface area (Å²) in [6.07, 6.45) is 2.61. The molecule has 0 saturated heterocycles. The van der Waals surface area contributed by atoms with Gasteiger partial charge in [0.05, 0.1) is 12.3 Å². The van der Waals surface area contributed by atoms with Crippen LogP contribution in [0, 0.1) is 19.3 Å². The number of hydrogen-bond donors (Lipinski definition) is 1. The monoisotopic (exact) mass is 251 g/mol. The number of aromatic nitrogens is 2. The van der Waals surface area contributed by atoms with E-state index in [2.05, 4.69) is 41.9 Å². The second-order valence-corrected chi connectivity index (χ2v) is 5.82. The maximum atomic E-state index is 5.15. The molecular weight excluding hydrogens is 226 g/mol. The van der Waals surface area contributed by atoms with E-state index in [1.807, 2.05) is 0 Å². The zero-order valence-electron chi connectivity index (χ0n) is 12.0. The maximum Gasteiger partial charge on any atom is 0.0613 e. The Balaban J connectivity index is 1.86. The van der Waals surface area contributed by atoms with Gasteiger partial charge in [0.15, 0.2) is 0 Å². The van der Waals surface area contributed by atoms with E-state index < -0.39 is 0 Å². The average Bonchev–Trinajstić information content (AvgIpc) is 2.99. The third kappa shape index (κ3) is 3.33. The second kappa shape index (κ2) is 5.41. The van der Waals surface area contributed by atoms with E-state index in [1.165, 1.54) is 18.5 Å². The van der Waals surface area contributed by atoms with Crippen LogP contribution in [0.5, 0.6) is 0 Å². The Hall–Kier alpha value is -0.870. The van der Waals surface area contributed by atoms with Crippen molar-refractivity contribution in [3.8, 4) is 0 Å². The number of ether oxygens (including phenoxy) is 1. The molecule has 0 radical (unpaired) electrons. The standard InChI is InChI=1S/C14H25N3O/c1-11-7-13(3)17(16-11)10-14(5-6-14)9-15-12(2)8-18-4/h7,12,15H,5-6,8-10H2,1-4H3/t12-/m0/s1. The summed E-state index contributed by atoms with van der Waals surface area (Å²) in [5.74, 6) is 0. The molecule has 2 rings (SSSR count).